The van der Waals surface area contributed by atoms with Gasteiger partial charge in [-0.25, -0.2) is 4.98 Å². The molecule has 0 atom stereocenters. The van der Waals surface area contributed by atoms with E-state index >= 15 is 0 Å². The number of H-pyrrole nitrogens is 1. The fourth-order valence-electron chi connectivity index (χ4n) is 2.76. The van der Waals surface area contributed by atoms with Gasteiger partial charge in [0, 0.05) is 24.0 Å². The minimum absolute atomic E-state index is 0.118. The van der Waals surface area contributed by atoms with Gasteiger partial charge in [0.15, 0.2) is 0 Å². The van der Waals surface area contributed by atoms with E-state index in [1.54, 1.807) is 24.5 Å². The molecule has 0 aliphatic heterocycles. The third-order valence-electron chi connectivity index (χ3n) is 4.02. The van der Waals surface area contributed by atoms with E-state index in [2.05, 4.69) is 15.3 Å². The molecule has 1 aliphatic carbocycles. The average molecular weight is 320 g/mol. The lowest BCUT2D eigenvalue weighted by molar-refractivity contribution is 0.0864. The molecule has 2 aromatic heterocycles. The van der Waals surface area contributed by atoms with E-state index in [9.17, 15) is 9.90 Å². The number of carbonyl (C=O) groups is 1. The maximum Gasteiger partial charge on any atom is 0.267 e. The van der Waals surface area contributed by atoms with E-state index in [1.807, 2.05) is 6.07 Å². The summed E-state index contributed by atoms with van der Waals surface area (Å²) in [6.07, 6.45) is 6.33. The highest BCUT2D eigenvalue weighted by Gasteiger charge is 2.21. The lowest BCUT2D eigenvalue weighted by Crippen LogP contribution is -2.38. The molecular weight excluding hydrogens is 302 g/mol. The number of aromatic nitrogens is 2. The highest BCUT2D eigenvalue weighted by Crippen LogP contribution is 2.23. The molecule has 1 aliphatic rings. The molecule has 0 unspecified atom stereocenters. The third-order valence-corrected chi connectivity index (χ3v) is 4.23. The Morgan fingerprint density at radius 1 is 1.27 bits per heavy atom. The average Bonchev–Trinajstić information content (AvgIpc) is 3.00. The van der Waals surface area contributed by atoms with E-state index in [4.69, 9.17) is 11.6 Å². The van der Waals surface area contributed by atoms with Crippen molar-refractivity contribution in [3.63, 3.8) is 0 Å². The molecule has 2 aromatic rings. The van der Waals surface area contributed by atoms with Gasteiger partial charge < -0.3 is 15.4 Å². The number of nitrogens with one attached hydrogen (secondary N) is 2. The number of hydrogen-bond donors (Lipinski definition) is 3. The molecule has 116 valence electrons. The smallest absolute Gasteiger partial charge is 0.267 e. The van der Waals surface area contributed by atoms with Crippen molar-refractivity contribution in [1.82, 2.24) is 15.3 Å². The monoisotopic (exact) mass is 319 g/mol. The molecule has 5 nitrogen and oxygen atoms in total. The molecule has 0 aromatic carbocycles. The van der Waals surface area contributed by atoms with Gasteiger partial charge in [0.2, 0.25) is 0 Å². The number of amides is 1. The number of aromatic amines is 1. The van der Waals surface area contributed by atoms with Gasteiger partial charge in [-0.2, -0.15) is 0 Å². The summed E-state index contributed by atoms with van der Waals surface area (Å²) in [6.45, 7) is 0. The van der Waals surface area contributed by atoms with Crippen molar-refractivity contribution in [2.24, 2.45) is 0 Å². The van der Waals surface area contributed by atoms with Crippen LogP contribution >= 0.6 is 11.6 Å². The number of halogens is 1. The second-order valence-corrected chi connectivity index (χ2v) is 6.04. The van der Waals surface area contributed by atoms with Gasteiger partial charge >= 0.3 is 0 Å². The molecule has 1 saturated carbocycles. The SMILES string of the molecule is O=C(N[C@H]1CC[C@@H](O)CC1)c1cc(-c2ccnc(Cl)c2)c[nH]1. The molecule has 3 rings (SSSR count). The Labute approximate surface area is 133 Å². The van der Waals surface area contributed by atoms with Crippen LogP contribution in [-0.4, -0.2) is 33.1 Å². The summed E-state index contributed by atoms with van der Waals surface area (Å²) >= 11 is 5.88. The Kier molecular flexibility index (Phi) is 4.45. The first-order valence-corrected chi connectivity index (χ1v) is 7.79. The van der Waals surface area contributed by atoms with Crippen molar-refractivity contribution in [3.05, 3.63) is 41.4 Å². The van der Waals surface area contributed by atoms with Crippen LogP contribution in [0.1, 0.15) is 36.2 Å². The van der Waals surface area contributed by atoms with Crippen LogP contribution in [0.5, 0.6) is 0 Å². The number of hydrogen-bond acceptors (Lipinski definition) is 3. The van der Waals surface area contributed by atoms with Gasteiger partial charge in [-0.05, 0) is 49.4 Å². The summed E-state index contributed by atoms with van der Waals surface area (Å²) in [7, 11) is 0. The lowest BCUT2D eigenvalue weighted by atomic mass is 9.93. The lowest BCUT2D eigenvalue weighted by Gasteiger charge is -2.25. The zero-order valence-electron chi connectivity index (χ0n) is 12.1. The first-order valence-electron chi connectivity index (χ1n) is 7.41. The number of carbonyl (C=O) groups excluding carboxylic acids is 1. The van der Waals surface area contributed by atoms with Crippen LogP contribution in [0.15, 0.2) is 30.6 Å². The molecular formula is C16H18ClN3O2. The quantitative estimate of drug-likeness (QED) is 0.761. The Morgan fingerprint density at radius 2 is 2.05 bits per heavy atom. The van der Waals surface area contributed by atoms with Crippen LogP contribution in [0.25, 0.3) is 11.1 Å². The van der Waals surface area contributed by atoms with Crippen LogP contribution in [-0.2, 0) is 0 Å². The first-order chi connectivity index (χ1) is 10.6. The Bertz CT molecular complexity index is 663. The van der Waals surface area contributed by atoms with Gasteiger partial charge in [-0.3, -0.25) is 4.79 Å². The molecule has 0 bridgehead atoms. The molecule has 22 heavy (non-hydrogen) atoms. The Balaban J connectivity index is 1.67. The van der Waals surface area contributed by atoms with Gasteiger partial charge in [-0.15, -0.1) is 0 Å². The van der Waals surface area contributed by atoms with E-state index in [0.717, 1.165) is 36.8 Å². The summed E-state index contributed by atoms with van der Waals surface area (Å²) in [5, 5.41) is 12.9. The topological polar surface area (TPSA) is 78.0 Å². The van der Waals surface area contributed by atoms with Crippen LogP contribution in [0, 0.1) is 0 Å². The minimum atomic E-state index is -0.221. The molecule has 2 heterocycles. The summed E-state index contributed by atoms with van der Waals surface area (Å²) in [5.41, 5.74) is 2.33. The van der Waals surface area contributed by atoms with Crippen molar-refractivity contribution >= 4 is 17.5 Å². The molecule has 0 saturated heterocycles. The zero-order chi connectivity index (χ0) is 15.5. The molecule has 0 radical (unpaired) electrons. The number of nitrogens with zero attached hydrogens (tertiary/aromatic N) is 1. The van der Waals surface area contributed by atoms with Gasteiger partial charge in [-0.1, -0.05) is 11.6 Å². The van der Waals surface area contributed by atoms with E-state index in [1.165, 1.54) is 0 Å². The van der Waals surface area contributed by atoms with E-state index in [-0.39, 0.29) is 18.1 Å². The Morgan fingerprint density at radius 3 is 2.77 bits per heavy atom. The normalized spacial score (nSPS) is 21.5. The van der Waals surface area contributed by atoms with Gasteiger partial charge in [0.05, 0.1) is 6.10 Å². The zero-order valence-corrected chi connectivity index (χ0v) is 12.8. The first kappa shape index (κ1) is 15.1. The molecule has 1 amide bonds. The number of aliphatic hydroxyl groups is 1. The van der Waals surface area contributed by atoms with Crippen molar-refractivity contribution in [2.75, 3.05) is 0 Å². The fourth-order valence-corrected chi connectivity index (χ4v) is 2.93. The van der Waals surface area contributed by atoms with E-state index in [0.29, 0.717) is 10.8 Å². The molecule has 3 N–H and O–H groups in total. The summed E-state index contributed by atoms with van der Waals surface area (Å²) < 4.78 is 0. The maximum atomic E-state index is 12.3. The maximum absolute atomic E-state index is 12.3. The predicted molar refractivity (Wildman–Crippen MR) is 84.8 cm³/mol. The largest absolute Gasteiger partial charge is 0.393 e. The second kappa shape index (κ2) is 6.50. The van der Waals surface area contributed by atoms with Crippen molar-refractivity contribution in [1.29, 1.82) is 0 Å². The standard InChI is InChI=1S/C16H18ClN3O2/c17-15-8-10(5-6-18-15)11-7-14(19-9-11)16(22)20-12-1-3-13(21)4-2-12/h5-9,12-13,19,21H,1-4H2,(H,20,22)/t12-,13+. The highest BCUT2D eigenvalue weighted by atomic mass is 35.5. The highest BCUT2D eigenvalue weighted by molar-refractivity contribution is 6.29. The second-order valence-electron chi connectivity index (χ2n) is 5.65. The van der Waals surface area contributed by atoms with Crippen LogP contribution in [0.3, 0.4) is 0 Å². The number of rotatable bonds is 3. The molecule has 0 spiro atoms. The van der Waals surface area contributed by atoms with Crippen LogP contribution in [0.4, 0.5) is 0 Å². The van der Waals surface area contributed by atoms with Crippen molar-refractivity contribution in [3.8, 4) is 11.1 Å². The van der Waals surface area contributed by atoms with Gasteiger partial charge in [0.1, 0.15) is 10.8 Å². The van der Waals surface area contributed by atoms with E-state index < -0.39 is 0 Å². The van der Waals surface area contributed by atoms with Crippen molar-refractivity contribution in [2.45, 2.75) is 37.8 Å². The number of aliphatic hydroxyl groups excluding tert-OH is 1. The fraction of sp³-hybridized carbons (Fsp3) is 0.375. The third kappa shape index (κ3) is 3.48. The van der Waals surface area contributed by atoms with Crippen LogP contribution in [0.2, 0.25) is 5.15 Å². The van der Waals surface area contributed by atoms with Crippen molar-refractivity contribution < 1.29 is 9.90 Å². The van der Waals surface area contributed by atoms with Gasteiger partial charge in [0.25, 0.3) is 5.91 Å². The van der Waals surface area contributed by atoms with Crippen LogP contribution < -0.4 is 5.32 Å². The predicted octanol–water partition coefficient (Wildman–Crippen LogP) is 2.76. The molecule has 1 fully saturated rings. The Hall–Kier alpha value is -1.85. The summed E-state index contributed by atoms with van der Waals surface area (Å²) in [4.78, 5) is 19.2. The molecule has 6 heteroatoms. The summed E-state index contributed by atoms with van der Waals surface area (Å²) in [6, 6.07) is 5.55. The number of pyridine rings is 1. The minimum Gasteiger partial charge on any atom is -0.393 e. The summed E-state index contributed by atoms with van der Waals surface area (Å²) in [5.74, 6) is -0.118.